The largest absolute Gasteiger partial charge is 0.367 e. The number of nitrogens with zero attached hydrogens (tertiary/aromatic N) is 6. The SMILES string of the molecule is NC1CCC1.Nc1ncc2c(-c3cnc4nccn4c3)ccn2n1. The van der Waals surface area contributed by atoms with Gasteiger partial charge in [0.15, 0.2) is 0 Å². The standard InChI is InChI=1S/C12H9N7.C4H9N/c13-11-15-6-10-9(1-3-19(10)17-11)8-5-16-12-14-2-4-18(12)7-8;5-4-2-1-3-4/h1-7H,(H2,13,17);4H,1-3,5H2. The summed E-state index contributed by atoms with van der Waals surface area (Å²) in [5.74, 6) is 0.922. The minimum absolute atomic E-state index is 0.248. The first-order valence-electron chi connectivity index (χ1n) is 7.85. The molecule has 24 heavy (non-hydrogen) atoms. The van der Waals surface area contributed by atoms with Crippen LogP contribution in [0.15, 0.2) is 43.2 Å². The number of aromatic nitrogens is 6. The van der Waals surface area contributed by atoms with Gasteiger partial charge >= 0.3 is 0 Å². The topological polar surface area (TPSA) is 112 Å². The van der Waals surface area contributed by atoms with E-state index in [0.29, 0.717) is 11.8 Å². The molecule has 122 valence electrons. The lowest BCUT2D eigenvalue weighted by molar-refractivity contribution is 0.418. The van der Waals surface area contributed by atoms with Crippen LogP contribution in [-0.2, 0) is 0 Å². The predicted octanol–water partition coefficient (Wildman–Crippen LogP) is 1.52. The van der Waals surface area contributed by atoms with Crippen LogP contribution in [0.3, 0.4) is 0 Å². The highest BCUT2D eigenvalue weighted by molar-refractivity contribution is 5.79. The molecule has 4 N–H and O–H groups in total. The second-order valence-electron chi connectivity index (χ2n) is 5.84. The fraction of sp³-hybridized carbons (Fsp3) is 0.250. The molecule has 0 amide bonds. The highest BCUT2D eigenvalue weighted by Crippen LogP contribution is 2.24. The van der Waals surface area contributed by atoms with Gasteiger partial charge in [-0.3, -0.25) is 4.40 Å². The van der Waals surface area contributed by atoms with Gasteiger partial charge in [-0.25, -0.2) is 19.5 Å². The van der Waals surface area contributed by atoms with Crippen LogP contribution in [0, 0.1) is 0 Å². The average molecular weight is 322 g/mol. The lowest BCUT2D eigenvalue weighted by Crippen LogP contribution is -2.27. The Morgan fingerprint density at radius 2 is 1.92 bits per heavy atom. The molecule has 1 aliphatic rings. The van der Waals surface area contributed by atoms with E-state index in [1.165, 1.54) is 19.3 Å². The first-order chi connectivity index (χ1) is 11.7. The second kappa shape index (κ2) is 5.89. The molecule has 8 heteroatoms. The predicted molar refractivity (Wildman–Crippen MR) is 91.2 cm³/mol. The van der Waals surface area contributed by atoms with Gasteiger partial charge in [0.05, 0.1) is 11.7 Å². The van der Waals surface area contributed by atoms with Crippen molar-refractivity contribution < 1.29 is 0 Å². The zero-order valence-electron chi connectivity index (χ0n) is 13.1. The molecule has 1 fully saturated rings. The summed E-state index contributed by atoms with van der Waals surface area (Å²) in [4.78, 5) is 12.4. The molecule has 0 saturated heterocycles. The summed E-state index contributed by atoms with van der Waals surface area (Å²) in [6.07, 6.45) is 14.8. The van der Waals surface area contributed by atoms with Gasteiger partial charge in [0, 0.05) is 48.2 Å². The Balaban J connectivity index is 0.000000252. The number of hydrogen-bond acceptors (Lipinski definition) is 6. The lowest BCUT2D eigenvalue weighted by atomic mass is 9.95. The summed E-state index contributed by atoms with van der Waals surface area (Å²) in [5.41, 5.74) is 13.8. The molecular formula is C16H18N8. The van der Waals surface area contributed by atoms with Gasteiger partial charge in [-0.05, 0) is 18.9 Å². The van der Waals surface area contributed by atoms with Crippen molar-refractivity contribution in [2.24, 2.45) is 5.73 Å². The van der Waals surface area contributed by atoms with Crippen LogP contribution in [0.25, 0.3) is 22.4 Å². The molecule has 1 saturated carbocycles. The van der Waals surface area contributed by atoms with Crippen LogP contribution in [0.5, 0.6) is 0 Å². The van der Waals surface area contributed by atoms with E-state index in [-0.39, 0.29) is 5.95 Å². The second-order valence-corrected chi connectivity index (χ2v) is 5.84. The van der Waals surface area contributed by atoms with Crippen LogP contribution < -0.4 is 11.5 Å². The molecular weight excluding hydrogens is 304 g/mol. The van der Waals surface area contributed by atoms with E-state index in [2.05, 4.69) is 20.1 Å². The number of imidazole rings is 1. The maximum atomic E-state index is 5.56. The van der Waals surface area contributed by atoms with Crippen molar-refractivity contribution >= 4 is 17.2 Å². The Labute approximate surface area is 138 Å². The van der Waals surface area contributed by atoms with Gasteiger partial charge in [-0.2, -0.15) is 0 Å². The number of anilines is 1. The molecule has 0 unspecified atom stereocenters. The number of fused-ring (bicyclic) bond motifs is 2. The molecule has 0 radical (unpaired) electrons. The van der Waals surface area contributed by atoms with E-state index in [1.807, 2.05) is 29.1 Å². The van der Waals surface area contributed by atoms with E-state index >= 15 is 0 Å². The Bertz CT molecular complexity index is 982. The van der Waals surface area contributed by atoms with Crippen molar-refractivity contribution in [3.8, 4) is 11.1 Å². The third-order valence-electron chi connectivity index (χ3n) is 4.14. The van der Waals surface area contributed by atoms with Crippen LogP contribution >= 0.6 is 0 Å². The third kappa shape index (κ3) is 2.67. The fourth-order valence-corrected chi connectivity index (χ4v) is 2.55. The van der Waals surface area contributed by atoms with E-state index < -0.39 is 0 Å². The molecule has 4 aromatic rings. The van der Waals surface area contributed by atoms with Crippen molar-refractivity contribution in [1.29, 1.82) is 0 Å². The van der Waals surface area contributed by atoms with Crippen LogP contribution in [0.2, 0.25) is 0 Å². The molecule has 4 aromatic heterocycles. The van der Waals surface area contributed by atoms with Crippen molar-refractivity contribution in [2.45, 2.75) is 25.3 Å². The first kappa shape index (κ1) is 14.6. The molecule has 8 nitrogen and oxygen atoms in total. The Kier molecular flexibility index (Phi) is 3.58. The van der Waals surface area contributed by atoms with Crippen molar-refractivity contribution in [3.63, 3.8) is 0 Å². The van der Waals surface area contributed by atoms with Crippen molar-refractivity contribution in [2.75, 3.05) is 5.73 Å². The number of rotatable bonds is 1. The third-order valence-corrected chi connectivity index (χ3v) is 4.14. The quantitative estimate of drug-likeness (QED) is 0.549. The van der Waals surface area contributed by atoms with Crippen molar-refractivity contribution in [1.82, 2.24) is 29.0 Å². The number of nitrogens with two attached hydrogens (primary N) is 2. The van der Waals surface area contributed by atoms with Crippen molar-refractivity contribution in [3.05, 3.63) is 43.2 Å². The molecule has 5 rings (SSSR count). The molecule has 0 aliphatic heterocycles. The molecule has 0 spiro atoms. The minimum atomic E-state index is 0.248. The van der Waals surface area contributed by atoms with Crippen LogP contribution in [0.4, 0.5) is 5.95 Å². The summed E-state index contributed by atoms with van der Waals surface area (Å²) in [5, 5.41) is 4.12. The molecule has 0 bridgehead atoms. The summed E-state index contributed by atoms with van der Waals surface area (Å²) >= 11 is 0. The molecule has 1 aliphatic carbocycles. The smallest absolute Gasteiger partial charge is 0.238 e. The van der Waals surface area contributed by atoms with Gasteiger partial charge in [0.2, 0.25) is 11.7 Å². The summed E-state index contributed by atoms with van der Waals surface area (Å²) < 4.78 is 3.58. The van der Waals surface area contributed by atoms with E-state index in [0.717, 1.165) is 16.6 Å². The highest BCUT2D eigenvalue weighted by Gasteiger charge is 2.10. The highest BCUT2D eigenvalue weighted by atomic mass is 15.3. The monoisotopic (exact) mass is 322 g/mol. The zero-order chi connectivity index (χ0) is 16.5. The summed E-state index contributed by atoms with van der Waals surface area (Å²) in [7, 11) is 0. The van der Waals surface area contributed by atoms with Gasteiger partial charge < -0.3 is 11.5 Å². The number of nitrogen functional groups attached to an aromatic ring is 1. The van der Waals surface area contributed by atoms with E-state index in [4.69, 9.17) is 11.5 Å². The summed E-state index contributed by atoms with van der Waals surface area (Å²) in [6, 6.07) is 2.53. The number of hydrogen-bond donors (Lipinski definition) is 2. The van der Waals surface area contributed by atoms with Gasteiger partial charge in [-0.1, -0.05) is 6.42 Å². The fourth-order valence-electron chi connectivity index (χ4n) is 2.55. The zero-order valence-corrected chi connectivity index (χ0v) is 13.1. The Morgan fingerprint density at radius 3 is 2.67 bits per heavy atom. The maximum absolute atomic E-state index is 5.56. The Hall–Kier alpha value is -3.00. The average Bonchev–Trinajstić information content (AvgIpc) is 3.18. The van der Waals surface area contributed by atoms with Gasteiger partial charge in [-0.15, -0.1) is 5.10 Å². The van der Waals surface area contributed by atoms with Gasteiger partial charge in [0.1, 0.15) is 0 Å². The summed E-state index contributed by atoms with van der Waals surface area (Å²) in [6.45, 7) is 0. The lowest BCUT2D eigenvalue weighted by Gasteiger charge is -2.18. The Morgan fingerprint density at radius 1 is 1.08 bits per heavy atom. The van der Waals surface area contributed by atoms with E-state index in [1.54, 1.807) is 23.1 Å². The maximum Gasteiger partial charge on any atom is 0.238 e. The molecule has 0 atom stereocenters. The molecule has 4 heterocycles. The van der Waals surface area contributed by atoms with E-state index in [9.17, 15) is 0 Å². The molecule has 0 aromatic carbocycles. The van der Waals surface area contributed by atoms with Crippen LogP contribution in [-0.4, -0.2) is 35.0 Å². The normalized spacial score (nSPS) is 14.4. The van der Waals surface area contributed by atoms with Crippen LogP contribution in [0.1, 0.15) is 19.3 Å². The first-order valence-corrected chi connectivity index (χ1v) is 7.85. The van der Waals surface area contributed by atoms with Gasteiger partial charge in [0.25, 0.3) is 0 Å². The minimum Gasteiger partial charge on any atom is -0.367 e.